The Morgan fingerprint density at radius 1 is 0.941 bits per heavy atom. The number of benzene rings is 2. The third kappa shape index (κ3) is 4.46. The third-order valence-corrected chi connectivity index (χ3v) is 6.09. The number of nitrogens with zero attached hydrogens (tertiary/aromatic N) is 1. The molecule has 34 heavy (non-hydrogen) atoms. The van der Waals surface area contributed by atoms with Crippen molar-refractivity contribution in [1.29, 1.82) is 0 Å². The van der Waals surface area contributed by atoms with Gasteiger partial charge in [0.1, 0.15) is 17.1 Å². The number of methoxy groups -OCH3 is 2. The van der Waals surface area contributed by atoms with Gasteiger partial charge in [-0.05, 0) is 42.5 Å². The van der Waals surface area contributed by atoms with Gasteiger partial charge >= 0.3 is 0 Å². The second-order valence-corrected chi connectivity index (χ2v) is 8.64. The predicted octanol–water partition coefficient (Wildman–Crippen LogP) is 4.75. The molecule has 176 valence electrons. The summed E-state index contributed by atoms with van der Waals surface area (Å²) in [6.45, 7) is 4.19. The first kappa shape index (κ1) is 23.3. The van der Waals surface area contributed by atoms with E-state index in [-0.39, 0.29) is 11.3 Å². The first-order valence-corrected chi connectivity index (χ1v) is 11.3. The van der Waals surface area contributed by atoms with Crippen LogP contribution in [-0.4, -0.2) is 30.5 Å². The topological polar surface area (TPSA) is 86.6 Å². The van der Waals surface area contributed by atoms with Crippen molar-refractivity contribution >= 4 is 17.4 Å². The number of aromatic nitrogens is 1. The largest absolute Gasteiger partial charge is 0.497 e. The van der Waals surface area contributed by atoms with E-state index >= 15 is 0 Å². The van der Waals surface area contributed by atoms with Crippen molar-refractivity contribution in [2.45, 2.75) is 39.0 Å². The van der Waals surface area contributed by atoms with Crippen LogP contribution < -0.4 is 20.3 Å². The van der Waals surface area contributed by atoms with Crippen molar-refractivity contribution in [3.8, 4) is 17.2 Å². The number of pyridine rings is 1. The van der Waals surface area contributed by atoms with Gasteiger partial charge in [0.05, 0.1) is 14.2 Å². The van der Waals surface area contributed by atoms with Crippen molar-refractivity contribution in [3.63, 3.8) is 0 Å². The van der Waals surface area contributed by atoms with Gasteiger partial charge in [-0.25, -0.2) is 0 Å². The molecule has 0 bridgehead atoms. The number of nitrogens with one attached hydrogen (secondary N) is 1. The zero-order chi connectivity index (χ0) is 24.4. The number of hydrogen-bond acceptors (Lipinski definition) is 5. The molecule has 1 N–H and O–H groups in total. The minimum absolute atomic E-state index is 0.0640. The summed E-state index contributed by atoms with van der Waals surface area (Å²) in [6.07, 6.45) is 1.66. The molecule has 0 radical (unpaired) electrons. The van der Waals surface area contributed by atoms with Gasteiger partial charge in [0.2, 0.25) is 0 Å². The Morgan fingerprint density at radius 3 is 2.18 bits per heavy atom. The van der Waals surface area contributed by atoms with Gasteiger partial charge in [0.15, 0.2) is 5.78 Å². The number of Topliss-reactive ketones (excluding diaryl/α,β-unsaturated/α-hetero) is 1. The van der Waals surface area contributed by atoms with Crippen LogP contribution in [0.4, 0.5) is 5.69 Å². The molecule has 4 rings (SSSR count). The van der Waals surface area contributed by atoms with Crippen LogP contribution in [0.3, 0.4) is 0 Å². The molecule has 2 aromatic carbocycles. The maximum Gasteiger partial charge on any atom is 0.268 e. The van der Waals surface area contributed by atoms with Gasteiger partial charge < -0.3 is 14.8 Å². The Bertz CT molecular complexity index is 1280. The summed E-state index contributed by atoms with van der Waals surface area (Å²) in [5.74, 6) is 0.675. The minimum Gasteiger partial charge on any atom is -0.497 e. The van der Waals surface area contributed by atoms with Crippen molar-refractivity contribution in [3.05, 3.63) is 81.3 Å². The lowest BCUT2D eigenvalue weighted by Crippen LogP contribution is -2.33. The van der Waals surface area contributed by atoms with E-state index in [4.69, 9.17) is 9.47 Å². The second-order valence-electron chi connectivity index (χ2n) is 8.64. The average Bonchev–Trinajstić information content (AvgIpc) is 2.83. The smallest absolute Gasteiger partial charge is 0.268 e. The first-order chi connectivity index (χ1) is 16.3. The fourth-order valence-electron chi connectivity index (χ4n) is 4.21. The van der Waals surface area contributed by atoms with Crippen molar-refractivity contribution in [2.75, 3.05) is 19.5 Å². The zero-order valence-corrected chi connectivity index (χ0v) is 19.8. The maximum absolute atomic E-state index is 13.6. The molecule has 1 amide bonds. The van der Waals surface area contributed by atoms with E-state index in [1.165, 1.54) is 24.9 Å². The van der Waals surface area contributed by atoms with Crippen LogP contribution in [0.2, 0.25) is 0 Å². The van der Waals surface area contributed by atoms with Crippen LogP contribution >= 0.6 is 0 Å². The van der Waals surface area contributed by atoms with Crippen molar-refractivity contribution in [2.24, 2.45) is 0 Å². The van der Waals surface area contributed by atoms with Crippen LogP contribution in [0.15, 0.2) is 53.3 Å². The van der Waals surface area contributed by atoms with Crippen LogP contribution in [0.1, 0.15) is 64.6 Å². The number of fused-ring (bicyclic) bond motifs is 1. The average molecular weight is 461 g/mol. The molecule has 0 spiro atoms. The lowest BCUT2D eigenvalue weighted by atomic mass is 9.92. The second kappa shape index (κ2) is 9.55. The van der Waals surface area contributed by atoms with Gasteiger partial charge in [-0.2, -0.15) is 0 Å². The molecule has 1 heterocycles. The Hall–Kier alpha value is -3.87. The summed E-state index contributed by atoms with van der Waals surface area (Å²) in [5, 5.41) is 2.75. The first-order valence-electron chi connectivity index (χ1n) is 11.3. The molecule has 0 saturated heterocycles. The van der Waals surface area contributed by atoms with E-state index in [9.17, 15) is 14.4 Å². The Kier molecular flexibility index (Phi) is 6.54. The molecule has 7 heteroatoms. The van der Waals surface area contributed by atoms with Crippen LogP contribution in [0.5, 0.6) is 11.5 Å². The van der Waals surface area contributed by atoms with Gasteiger partial charge in [-0.3, -0.25) is 19.0 Å². The predicted molar refractivity (Wildman–Crippen MR) is 131 cm³/mol. The SMILES string of the molecule is COc1cc(NC(=O)c2cc3c(n(-c4ccc(C(C)C)cc4)c2=O)CCCC3=O)cc(OC)c1. The van der Waals surface area contributed by atoms with Crippen LogP contribution in [-0.2, 0) is 6.42 Å². The number of ketones is 1. The summed E-state index contributed by atoms with van der Waals surface area (Å²) in [6, 6.07) is 14.1. The molecular weight excluding hydrogens is 432 g/mol. The highest BCUT2D eigenvalue weighted by Gasteiger charge is 2.26. The van der Waals surface area contributed by atoms with Crippen molar-refractivity contribution in [1.82, 2.24) is 4.57 Å². The lowest BCUT2D eigenvalue weighted by Gasteiger charge is -2.22. The Morgan fingerprint density at radius 2 is 1.59 bits per heavy atom. The molecule has 7 nitrogen and oxygen atoms in total. The van der Waals surface area contributed by atoms with E-state index in [0.717, 1.165) is 5.56 Å². The summed E-state index contributed by atoms with van der Waals surface area (Å²) < 4.78 is 12.0. The van der Waals surface area contributed by atoms with Crippen LogP contribution in [0.25, 0.3) is 5.69 Å². The Balaban J connectivity index is 1.82. The van der Waals surface area contributed by atoms with E-state index in [1.54, 1.807) is 18.2 Å². The van der Waals surface area contributed by atoms with E-state index in [1.807, 2.05) is 24.3 Å². The molecule has 0 atom stereocenters. The molecule has 0 aliphatic heterocycles. The highest BCUT2D eigenvalue weighted by molar-refractivity contribution is 6.07. The van der Waals surface area contributed by atoms with Gasteiger partial charge in [0, 0.05) is 47.3 Å². The van der Waals surface area contributed by atoms with Crippen molar-refractivity contribution < 1.29 is 19.1 Å². The Labute approximate surface area is 198 Å². The quantitative estimate of drug-likeness (QED) is 0.574. The fourth-order valence-corrected chi connectivity index (χ4v) is 4.21. The monoisotopic (exact) mass is 460 g/mol. The molecule has 1 aromatic heterocycles. The summed E-state index contributed by atoms with van der Waals surface area (Å²) in [7, 11) is 3.03. The van der Waals surface area contributed by atoms with Gasteiger partial charge in [-0.1, -0.05) is 26.0 Å². The number of amides is 1. The minimum atomic E-state index is -0.603. The highest BCUT2D eigenvalue weighted by atomic mass is 16.5. The fraction of sp³-hybridized carbons (Fsp3) is 0.296. The molecule has 0 fully saturated rings. The van der Waals surface area contributed by atoms with E-state index in [2.05, 4.69) is 19.2 Å². The van der Waals surface area contributed by atoms with E-state index in [0.29, 0.717) is 59.3 Å². The number of carbonyl (C=O) groups excluding carboxylic acids is 2. The molecular formula is C27H28N2O5. The normalized spacial score (nSPS) is 12.9. The molecule has 1 aliphatic carbocycles. The maximum atomic E-state index is 13.6. The highest BCUT2D eigenvalue weighted by Crippen LogP contribution is 2.27. The van der Waals surface area contributed by atoms with Gasteiger partial charge in [0.25, 0.3) is 11.5 Å². The zero-order valence-electron chi connectivity index (χ0n) is 19.8. The summed E-state index contributed by atoms with van der Waals surface area (Å²) in [4.78, 5) is 39.6. The number of hydrogen-bond donors (Lipinski definition) is 1. The lowest BCUT2D eigenvalue weighted by molar-refractivity contribution is 0.0971. The van der Waals surface area contributed by atoms with E-state index < -0.39 is 11.5 Å². The molecule has 1 aliphatic rings. The molecule has 0 saturated carbocycles. The molecule has 3 aromatic rings. The third-order valence-electron chi connectivity index (χ3n) is 6.09. The number of carbonyl (C=O) groups is 2. The van der Waals surface area contributed by atoms with Crippen LogP contribution in [0, 0.1) is 0 Å². The summed E-state index contributed by atoms with van der Waals surface area (Å²) in [5.41, 5.74) is 2.71. The van der Waals surface area contributed by atoms with Gasteiger partial charge in [-0.15, -0.1) is 0 Å². The molecule has 0 unspecified atom stereocenters. The standard InChI is InChI=1S/C27H28N2O5/c1-16(2)17-8-10-19(11-9-17)29-24-6-5-7-25(30)22(24)15-23(27(29)32)26(31)28-18-12-20(33-3)14-21(13-18)34-4/h8-16H,5-7H2,1-4H3,(H,28,31). The summed E-state index contributed by atoms with van der Waals surface area (Å²) >= 11 is 0. The number of anilines is 1. The number of rotatable bonds is 6. The number of ether oxygens (including phenoxy) is 2.